The summed E-state index contributed by atoms with van der Waals surface area (Å²) < 4.78 is 10.7. The Morgan fingerprint density at radius 3 is 2.56 bits per heavy atom. The molecule has 0 aromatic heterocycles. The molecule has 6 nitrogen and oxygen atoms in total. The predicted molar refractivity (Wildman–Crippen MR) is 93.1 cm³/mol. The number of carboxylic acids is 1. The van der Waals surface area contributed by atoms with E-state index in [4.69, 9.17) is 14.6 Å². The van der Waals surface area contributed by atoms with E-state index in [1.165, 1.54) is 6.07 Å². The van der Waals surface area contributed by atoms with E-state index in [1.54, 1.807) is 37.4 Å². The van der Waals surface area contributed by atoms with Crippen molar-refractivity contribution < 1.29 is 24.2 Å². The molecule has 132 valence electrons. The van der Waals surface area contributed by atoms with Gasteiger partial charge in [-0.25, -0.2) is 4.79 Å². The predicted octanol–water partition coefficient (Wildman–Crippen LogP) is 2.65. The summed E-state index contributed by atoms with van der Waals surface area (Å²) in [5, 5.41) is 11.9. The number of benzene rings is 2. The number of rotatable bonds is 8. The standard InChI is InChI=1S/C19H21NO5/c1-3-25-16-9-8-13(10-17(16)24-2)12-20-18(21)11-14-6-4-5-7-15(14)19(22)23/h4-10H,3,11-12H2,1-2H3,(H,20,21)(H,22,23). The number of methoxy groups -OCH3 is 1. The lowest BCUT2D eigenvalue weighted by atomic mass is 10.0. The van der Waals surface area contributed by atoms with Gasteiger partial charge in [0.25, 0.3) is 0 Å². The molecule has 2 aromatic rings. The van der Waals surface area contributed by atoms with E-state index in [1.807, 2.05) is 13.0 Å². The molecule has 0 heterocycles. The van der Waals surface area contributed by atoms with Gasteiger partial charge in [-0.2, -0.15) is 0 Å². The number of carbonyl (C=O) groups excluding carboxylic acids is 1. The molecule has 25 heavy (non-hydrogen) atoms. The van der Waals surface area contributed by atoms with Crippen LogP contribution in [0.5, 0.6) is 11.5 Å². The Hall–Kier alpha value is -3.02. The van der Waals surface area contributed by atoms with Crippen molar-refractivity contribution in [3.8, 4) is 11.5 Å². The monoisotopic (exact) mass is 343 g/mol. The first-order valence-corrected chi connectivity index (χ1v) is 7.92. The van der Waals surface area contributed by atoms with Crippen molar-refractivity contribution in [1.29, 1.82) is 0 Å². The maximum absolute atomic E-state index is 12.1. The maximum Gasteiger partial charge on any atom is 0.335 e. The fraction of sp³-hybridized carbons (Fsp3) is 0.263. The largest absolute Gasteiger partial charge is 0.493 e. The van der Waals surface area contributed by atoms with Crippen LogP contribution in [0.15, 0.2) is 42.5 Å². The first kappa shape index (κ1) is 18.3. The highest BCUT2D eigenvalue weighted by Crippen LogP contribution is 2.27. The van der Waals surface area contributed by atoms with Crippen molar-refractivity contribution in [3.63, 3.8) is 0 Å². The molecule has 2 rings (SSSR count). The van der Waals surface area contributed by atoms with Gasteiger partial charge in [0.1, 0.15) is 0 Å². The second-order valence-corrected chi connectivity index (χ2v) is 5.33. The molecule has 0 aliphatic rings. The topological polar surface area (TPSA) is 84.9 Å². The van der Waals surface area contributed by atoms with Gasteiger partial charge in [-0.3, -0.25) is 4.79 Å². The van der Waals surface area contributed by atoms with E-state index < -0.39 is 5.97 Å². The average molecular weight is 343 g/mol. The van der Waals surface area contributed by atoms with E-state index in [-0.39, 0.29) is 17.9 Å². The highest BCUT2D eigenvalue weighted by molar-refractivity contribution is 5.91. The quantitative estimate of drug-likeness (QED) is 0.770. The molecule has 0 unspecified atom stereocenters. The van der Waals surface area contributed by atoms with Crippen LogP contribution in [0.4, 0.5) is 0 Å². The molecule has 0 saturated heterocycles. The molecule has 0 fully saturated rings. The van der Waals surface area contributed by atoms with Crippen LogP contribution < -0.4 is 14.8 Å². The van der Waals surface area contributed by atoms with Gasteiger partial charge in [-0.15, -0.1) is 0 Å². The molecule has 0 spiro atoms. The SMILES string of the molecule is CCOc1ccc(CNC(=O)Cc2ccccc2C(=O)O)cc1OC. The first-order valence-electron chi connectivity index (χ1n) is 7.92. The number of amides is 1. The van der Waals surface area contributed by atoms with Gasteiger partial charge in [0.05, 0.1) is 25.7 Å². The highest BCUT2D eigenvalue weighted by Gasteiger charge is 2.12. The Labute approximate surface area is 146 Å². The van der Waals surface area contributed by atoms with Crippen molar-refractivity contribution in [2.75, 3.05) is 13.7 Å². The number of carboxylic acid groups (broad SMARTS) is 1. The second kappa shape index (κ2) is 8.73. The summed E-state index contributed by atoms with van der Waals surface area (Å²) in [5.41, 5.74) is 1.48. The fourth-order valence-corrected chi connectivity index (χ4v) is 2.42. The Kier molecular flexibility index (Phi) is 6.39. The fourth-order valence-electron chi connectivity index (χ4n) is 2.42. The van der Waals surface area contributed by atoms with Crippen LogP contribution in [-0.4, -0.2) is 30.7 Å². The zero-order valence-electron chi connectivity index (χ0n) is 14.2. The third kappa shape index (κ3) is 4.97. The van der Waals surface area contributed by atoms with Gasteiger partial charge in [-0.1, -0.05) is 24.3 Å². The lowest BCUT2D eigenvalue weighted by Gasteiger charge is -2.12. The van der Waals surface area contributed by atoms with Crippen LogP contribution in [0.2, 0.25) is 0 Å². The molecule has 0 aliphatic heterocycles. The summed E-state index contributed by atoms with van der Waals surface area (Å²) in [5.74, 6) is -0.0403. The van der Waals surface area contributed by atoms with Gasteiger partial charge in [0.15, 0.2) is 11.5 Å². The van der Waals surface area contributed by atoms with Crippen LogP contribution in [0, 0.1) is 0 Å². The number of ether oxygens (including phenoxy) is 2. The Morgan fingerprint density at radius 2 is 1.88 bits per heavy atom. The molecule has 0 saturated carbocycles. The number of carbonyl (C=O) groups is 2. The van der Waals surface area contributed by atoms with E-state index in [0.29, 0.717) is 30.2 Å². The van der Waals surface area contributed by atoms with Crippen LogP contribution in [0.3, 0.4) is 0 Å². The van der Waals surface area contributed by atoms with Gasteiger partial charge < -0.3 is 19.9 Å². The number of hydrogen-bond acceptors (Lipinski definition) is 4. The van der Waals surface area contributed by atoms with E-state index in [0.717, 1.165) is 5.56 Å². The molecule has 0 aliphatic carbocycles. The lowest BCUT2D eigenvalue weighted by molar-refractivity contribution is -0.120. The maximum atomic E-state index is 12.1. The number of aromatic carboxylic acids is 1. The minimum absolute atomic E-state index is 0.0106. The molecular weight excluding hydrogens is 322 g/mol. The van der Waals surface area contributed by atoms with Crippen molar-refractivity contribution in [2.24, 2.45) is 0 Å². The summed E-state index contributed by atoms with van der Waals surface area (Å²) >= 11 is 0. The Bertz CT molecular complexity index is 757. The molecule has 6 heteroatoms. The van der Waals surface area contributed by atoms with E-state index in [9.17, 15) is 9.59 Å². The summed E-state index contributed by atoms with van der Waals surface area (Å²) in [6.45, 7) is 2.74. The molecule has 2 aromatic carbocycles. The molecular formula is C19H21NO5. The van der Waals surface area contributed by atoms with Crippen molar-refractivity contribution in [3.05, 3.63) is 59.2 Å². The minimum Gasteiger partial charge on any atom is -0.493 e. The molecule has 0 radical (unpaired) electrons. The van der Waals surface area contributed by atoms with Gasteiger partial charge in [0.2, 0.25) is 5.91 Å². The molecule has 0 bridgehead atoms. The number of nitrogens with one attached hydrogen (secondary N) is 1. The van der Waals surface area contributed by atoms with Crippen LogP contribution in [-0.2, 0) is 17.8 Å². The highest BCUT2D eigenvalue weighted by atomic mass is 16.5. The average Bonchev–Trinajstić information content (AvgIpc) is 2.61. The lowest BCUT2D eigenvalue weighted by Crippen LogP contribution is -2.25. The Balaban J connectivity index is 2.00. The number of hydrogen-bond donors (Lipinski definition) is 2. The molecule has 1 amide bonds. The van der Waals surface area contributed by atoms with E-state index >= 15 is 0 Å². The van der Waals surface area contributed by atoms with Gasteiger partial charge in [-0.05, 0) is 36.2 Å². The summed E-state index contributed by atoms with van der Waals surface area (Å²) in [6.07, 6.45) is 0.0106. The first-order chi connectivity index (χ1) is 12.0. The smallest absolute Gasteiger partial charge is 0.335 e. The van der Waals surface area contributed by atoms with Crippen LogP contribution >= 0.6 is 0 Å². The van der Waals surface area contributed by atoms with Crippen molar-refractivity contribution >= 4 is 11.9 Å². The summed E-state index contributed by atoms with van der Waals surface area (Å²) in [6, 6.07) is 11.9. The zero-order chi connectivity index (χ0) is 18.2. The third-order valence-electron chi connectivity index (χ3n) is 3.62. The molecule has 2 N–H and O–H groups in total. The summed E-state index contributed by atoms with van der Waals surface area (Å²) in [7, 11) is 1.56. The normalized spacial score (nSPS) is 10.2. The zero-order valence-corrected chi connectivity index (χ0v) is 14.2. The Morgan fingerprint density at radius 1 is 1.12 bits per heavy atom. The summed E-state index contributed by atoms with van der Waals surface area (Å²) in [4.78, 5) is 23.3. The van der Waals surface area contributed by atoms with Crippen LogP contribution in [0.1, 0.15) is 28.4 Å². The van der Waals surface area contributed by atoms with Gasteiger partial charge >= 0.3 is 5.97 Å². The second-order valence-electron chi connectivity index (χ2n) is 5.33. The third-order valence-corrected chi connectivity index (χ3v) is 3.62. The van der Waals surface area contributed by atoms with Crippen molar-refractivity contribution in [1.82, 2.24) is 5.32 Å². The van der Waals surface area contributed by atoms with Crippen molar-refractivity contribution in [2.45, 2.75) is 19.9 Å². The van der Waals surface area contributed by atoms with E-state index in [2.05, 4.69) is 5.32 Å². The van der Waals surface area contributed by atoms with Gasteiger partial charge in [0, 0.05) is 6.54 Å². The molecule has 0 atom stereocenters. The van der Waals surface area contributed by atoms with Crippen LogP contribution in [0.25, 0.3) is 0 Å². The minimum atomic E-state index is -1.04.